The van der Waals surface area contributed by atoms with E-state index >= 15 is 0 Å². The second-order valence-corrected chi connectivity index (χ2v) is 4.82. The Bertz CT molecular complexity index is 607. The molecule has 23 heavy (non-hydrogen) atoms. The number of hydrogen-bond acceptors (Lipinski definition) is 4. The molecule has 0 aromatic carbocycles. The second kappa shape index (κ2) is 10.8. The average molecular weight is 359 g/mol. The summed E-state index contributed by atoms with van der Waals surface area (Å²) in [6.07, 6.45) is 9.13. The number of pyridine rings is 2. The molecule has 2 aromatic rings. The average Bonchev–Trinajstić information content (AvgIpc) is 2.50. The number of rotatable bonds is 6. The first-order chi connectivity index (χ1) is 10.2. The summed E-state index contributed by atoms with van der Waals surface area (Å²) in [6, 6.07) is 7.74. The lowest BCUT2D eigenvalue weighted by molar-refractivity contribution is -0.788. The summed E-state index contributed by atoms with van der Waals surface area (Å²) in [5.74, 6) is 0. The Labute approximate surface area is 148 Å². The van der Waals surface area contributed by atoms with E-state index in [0.29, 0.717) is 13.5 Å². The maximum Gasteiger partial charge on any atom is 0.257 e. The molecule has 8 heteroatoms. The smallest absolute Gasteiger partial charge is 0.257 e. The lowest BCUT2D eigenvalue weighted by Crippen LogP contribution is -3.00. The summed E-state index contributed by atoms with van der Waals surface area (Å²) >= 11 is 0. The number of anilines is 1. The third-order valence-electron chi connectivity index (χ3n) is 2.96. The predicted octanol–water partition coefficient (Wildman–Crippen LogP) is -5.22. The van der Waals surface area contributed by atoms with Gasteiger partial charge in [0.05, 0.1) is 6.21 Å². The van der Waals surface area contributed by atoms with Crippen LogP contribution >= 0.6 is 0 Å². The molecule has 1 N–H and O–H groups in total. The molecule has 0 radical (unpaired) electrons. The molecule has 0 amide bonds. The summed E-state index contributed by atoms with van der Waals surface area (Å²) in [7, 11) is 4.02. The van der Waals surface area contributed by atoms with Gasteiger partial charge in [-0.2, -0.15) is 9.13 Å². The van der Waals surface area contributed by atoms with Gasteiger partial charge in [0.1, 0.15) is 5.69 Å². The molecule has 0 aliphatic rings. The monoisotopic (exact) mass is 358 g/mol. The van der Waals surface area contributed by atoms with Gasteiger partial charge < -0.3 is 34.9 Å². The van der Waals surface area contributed by atoms with Crippen molar-refractivity contribution < 1.29 is 43.9 Å². The highest BCUT2D eigenvalue weighted by Gasteiger charge is 2.06. The Kier molecular flexibility index (Phi) is 9.89. The van der Waals surface area contributed by atoms with Crippen molar-refractivity contribution in [1.82, 2.24) is 0 Å². The van der Waals surface area contributed by atoms with E-state index in [0.717, 1.165) is 11.3 Å². The van der Waals surface area contributed by atoms with Crippen molar-refractivity contribution in [1.29, 1.82) is 0 Å². The second-order valence-electron chi connectivity index (χ2n) is 4.82. The number of ether oxygens (including phenoxy) is 1. The Morgan fingerprint density at radius 1 is 1.09 bits per heavy atom. The standard InChI is InChI=1S/C15H19N4O2.2ClH/c1-17(2)15-4-3-7-19(11-15)13-21-12-18-8-5-14(6-9-18)10-16-20;;/h3-11H,12-13H2,1-2H3;2*1H/q+1;;/p-1. The van der Waals surface area contributed by atoms with Crippen LogP contribution in [0.4, 0.5) is 5.69 Å². The highest BCUT2D eigenvalue weighted by molar-refractivity contribution is 5.78. The lowest BCUT2D eigenvalue weighted by Gasteiger charge is -2.09. The summed E-state index contributed by atoms with van der Waals surface area (Å²) in [4.78, 5) is 2.05. The van der Waals surface area contributed by atoms with Crippen molar-refractivity contribution in [3.8, 4) is 0 Å². The highest BCUT2D eigenvalue weighted by atomic mass is 35.5. The van der Waals surface area contributed by atoms with Crippen LogP contribution in [0.5, 0.6) is 0 Å². The molecule has 0 bridgehead atoms. The SMILES string of the molecule is CN(C)c1ccc[n+](COC[n+]2ccc(/C=N/O)cc2)c1.[Cl-].[Cl-]. The van der Waals surface area contributed by atoms with Crippen molar-refractivity contribution >= 4 is 11.9 Å². The molecule has 0 aliphatic carbocycles. The first-order valence-corrected chi connectivity index (χ1v) is 6.60. The zero-order chi connectivity index (χ0) is 15.1. The largest absolute Gasteiger partial charge is 1.00 e. The van der Waals surface area contributed by atoms with Gasteiger partial charge in [-0.05, 0) is 6.07 Å². The lowest BCUT2D eigenvalue weighted by atomic mass is 10.3. The molecule has 2 aromatic heterocycles. The molecule has 6 nitrogen and oxygen atoms in total. The van der Waals surface area contributed by atoms with Gasteiger partial charge in [-0.1, -0.05) is 5.16 Å². The number of halogens is 2. The number of oxime groups is 1. The van der Waals surface area contributed by atoms with Gasteiger partial charge in [-0.25, -0.2) is 0 Å². The number of hydrogen-bond donors (Lipinski definition) is 1. The van der Waals surface area contributed by atoms with E-state index in [1.807, 2.05) is 77.2 Å². The van der Waals surface area contributed by atoms with Crippen LogP contribution in [0.2, 0.25) is 0 Å². The third-order valence-corrected chi connectivity index (χ3v) is 2.96. The van der Waals surface area contributed by atoms with Gasteiger partial charge in [0.2, 0.25) is 0 Å². The highest BCUT2D eigenvalue weighted by Crippen LogP contribution is 2.04. The van der Waals surface area contributed by atoms with Crippen LogP contribution in [0.15, 0.2) is 54.2 Å². The molecule has 2 heterocycles. The molecule has 0 unspecified atom stereocenters. The van der Waals surface area contributed by atoms with E-state index in [9.17, 15) is 0 Å². The molecule has 0 fully saturated rings. The number of nitrogens with zero attached hydrogens (tertiary/aromatic N) is 4. The fourth-order valence-electron chi connectivity index (χ4n) is 1.81. The Morgan fingerprint density at radius 3 is 2.35 bits per heavy atom. The van der Waals surface area contributed by atoms with Gasteiger partial charge >= 0.3 is 0 Å². The summed E-state index contributed by atoms with van der Waals surface area (Å²) in [6.45, 7) is 0.935. The van der Waals surface area contributed by atoms with Gasteiger partial charge in [0.25, 0.3) is 13.5 Å². The van der Waals surface area contributed by atoms with Gasteiger partial charge in [-0.3, -0.25) is 4.74 Å². The first kappa shape index (κ1) is 21.1. The number of aromatic nitrogens is 2. The van der Waals surface area contributed by atoms with Gasteiger partial charge in [-0.15, -0.1) is 0 Å². The minimum atomic E-state index is 0. The summed E-state index contributed by atoms with van der Waals surface area (Å²) in [5.41, 5.74) is 1.96. The Morgan fingerprint density at radius 2 is 1.74 bits per heavy atom. The molecule has 0 spiro atoms. The van der Waals surface area contributed by atoms with Crippen molar-refractivity contribution in [2.24, 2.45) is 5.16 Å². The van der Waals surface area contributed by atoms with Crippen molar-refractivity contribution in [2.45, 2.75) is 13.5 Å². The predicted molar refractivity (Wildman–Crippen MR) is 78.1 cm³/mol. The molecule has 0 aliphatic heterocycles. The molecule has 0 atom stereocenters. The van der Waals surface area contributed by atoms with Crippen LogP contribution in [-0.4, -0.2) is 25.5 Å². The maximum atomic E-state index is 8.45. The third kappa shape index (κ3) is 6.81. The van der Waals surface area contributed by atoms with E-state index in [2.05, 4.69) is 5.16 Å². The van der Waals surface area contributed by atoms with Crippen molar-refractivity contribution in [2.75, 3.05) is 19.0 Å². The van der Waals surface area contributed by atoms with Crippen LogP contribution in [0.3, 0.4) is 0 Å². The molecule has 126 valence electrons. The first-order valence-electron chi connectivity index (χ1n) is 6.60. The minimum Gasteiger partial charge on any atom is -1.00 e. The van der Waals surface area contributed by atoms with E-state index in [1.54, 1.807) is 0 Å². The molecule has 2 rings (SSSR count). The molecular weight excluding hydrogens is 339 g/mol. The van der Waals surface area contributed by atoms with E-state index in [4.69, 9.17) is 9.94 Å². The zero-order valence-corrected chi connectivity index (χ0v) is 14.5. The summed E-state index contributed by atoms with van der Waals surface area (Å²) in [5, 5.41) is 11.4. The van der Waals surface area contributed by atoms with Crippen LogP contribution in [0.25, 0.3) is 0 Å². The van der Waals surface area contributed by atoms with E-state index < -0.39 is 0 Å². The normalized spacial score (nSPS) is 10.0. The van der Waals surface area contributed by atoms with Crippen LogP contribution in [-0.2, 0) is 18.2 Å². The van der Waals surface area contributed by atoms with Crippen LogP contribution in [0, 0.1) is 0 Å². The summed E-state index contributed by atoms with van der Waals surface area (Å²) < 4.78 is 9.56. The quantitative estimate of drug-likeness (QED) is 0.243. The minimum absolute atomic E-state index is 0. The van der Waals surface area contributed by atoms with Gasteiger partial charge in [0.15, 0.2) is 24.8 Å². The fraction of sp³-hybridized carbons (Fsp3) is 0.267. The Balaban J connectivity index is 0.00000242. The Hall–Kier alpha value is -1.89. The fourth-order valence-corrected chi connectivity index (χ4v) is 1.81. The topological polar surface area (TPSA) is 52.8 Å². The molecule has 0 saturated heterocycles. The van der Waals surface area contributed by atoms with Crippen LogP contribution < -0.4 is 38.8 Å². The molecule has 0 saturated carbocycles. The van der Waals surface area contributed by atoms with E-state index in [1.165, 1.54) is 6.21 Å². The molecular formula is C15H20Cl2N4O2. The van der Waals surface area contributed by atoms with Gasteiger partial charge in [0, 0.05) is 37.9 Å². The maximum absolute atomic E-state index is 8.45. The van der Waals surface area contributed by atoms with Crippen molar-refractivity contribution in [3.63, 3.8) is 0 Å². The zero-order valence-electron chi connectivity index (χ0n) is 13.0. The van der Waals surface area contributed by atoms with Crippen LogP contribution in [0.1, 0.15) is 5.56 Å². The van der Waals surface area contributed by atoms with E-state index in [-0.39, 0.29) is 24.8 Å². The van der Waals surface area contributed by atoms with Crippen molar-refractivity contribution in [3.05, 3.63) is 54.6 Å².